The number of aromatic nitrogens is 1. The summed E-state index contributed by atoms with van der Waals surface area (Å²) in [4.78, 5) is 4.26. The van der Waals surface area contributed by atoms with E-state index in [0.717, 1.165) is 28.9 Å². The summed E-state index contributed by atoms with van der Waals surface area (Å²) >= 11 is 3.49. The number of nitrogen functional groups attached to an aromatic ring is 1. The molecular formula is C11H18BrN3O. The average Bonchev–Trinajstić information content (AvgIpc) is 2.27. The third-order valence-electron chi connectivity index (χ3n) is 2.44. The van der Waals surface area contributed by atoms with Crippen LogP contribution in [0.3, 0.4) is 0 Å². The lowest BCUT2D eigenvalue weighted by Crippen LogP contribution is -2.18. The predicted molar refractivity (Wildman–Crippen MR) is 70.7 cm³/mol. The molecule has 16 heavy (non-hydrogen) atoms. The average molecular weight is 288 g/mol. The quantitative estimate of drug-likeness (QED) is 0.874. The number of halogens is 1. The van der Waals surface area contributed by atoms with Crippen molar-refractivity contribution in [3.05, 3.63) is 16.2 Å². The molecule has 0 amide bonds. The Morgan fingerprint density at radius 2 is 2.31 bits per heavy atom. The molecule has 0 fully saturated rings. The minimum atomic E-state index is 0.312. The lowest BCUT2D eigenvalue weighted by atomic mass is 10.2. The van der Waals surface area contributed by atoms with Crippen molar-refractivity contribution in [3.63, 3.8) is 0 Å². The first-order valence-corrected chi connectivity index (χ1v) is 6.01. The molecule has 1 unspecified atom stereocenters. The number of hydrogen-bond acceptors (Lipinski definition) is 4. The van der Waals surface area contributed by atoms with Gasteiger partial charge in [0.05, 0.1) is 16.4 Å². The number of rotatable bonds is 5. The van der Waals surface area contributed by atoms with Crippen LogP contribution in [0.5, 0.6) is 0 Å². The summed E-state index contributed by atoms with van der Waals surface area (Å²) in [6, 6.07) is 0.312. The van der Waals surface area contributed by atoms with Crippen molar-refractivity contribution in [1.82, 2.24) is 4.98 Å². The maximum absolute atomic E-state index is 5.76. The molecule has 0 aliphatic rings. The molecule has 1 rings (SSSR count). The Hall–Kier alpha value is -0.810. The lowest BCUT2D eigenvalue weighted by molar-refractivity contribution is 0.191. The molecule has 1 aromatic rings. The second-order valence-corrected chi connectivity index (χ2v) is 4.62. The predicted octanol–water partition coefficient (Wildman–Crippen LogP) is 2.57. The number of nitrogens with one attached hydrogen (secondary N) is 1. The molecule has 1 aromatic heterocycles. The van der Waals surface area contributed by atoms with Gasteiger partial charge >= 0.3 is 0 Å². The van der Waals surface area contributed by atoms with Gasteiger partial charge in [-0.3, -0.25) is 0 Å². The standard InChI is InChI=1S/C11H18BrN3O/c1-7(4-5-16-3)15-11-10(12)8(2)9(13)6-14-11/h6-7H,4-5,13H2,1-3H3,(H,14,15). The van der Waals surface area contributed by atoms with Crippen molar-refractivity contribution in [3.8, 4) is 0 Å². The van der Waals surface area contributed by atoms with Crippen LogP contribution >= 0.6 is 15.9 Å². The number of nitrogens with two attached hydrogens (primary N) is 1. The van der Waals surface area contributed by atoms with Gasteiger partial charge in [0.2, 0.25) is 0 Å². The third-order valence-corrected chi connectivity index (χ3v) is 3.41. The van der Waals surface area contributed by atoms with Crippen LogP contribution in [0, 0.1) is 6.92 Å². The first-order valence-electron chi connectivity index (χ1n) is 5.22. The molecule has 0 saturated heterocycles. The van der Waals surface area contributed by atoms with E-state index in [-0.39, 0.29) is 0 Å². The molecule has 0 aromatic carbocycles. The summed E-state index contributed by atoms with van der Waals surface area (Å²) < 4.78 is 5.96. The van der Waals surface area contributed by atoms with Crippen molar-refractivity contribution in [2.75, 3.05) is 24.8 Å². The van der Waals surface area contributed by atoms with Crippen LogP contribution in [-0.4, -0.2) is 24.7 Å². The first-order chi connectivity index (χ1) is 7.56. The lowest BCUT2D eigenvalue weighted by Gasteiger charge is -2.16. The topological polar surface area (TPSA) is 60.2 Å². The summed E-state index contributed by atoms with van der Waals surface area (Å²) in [5.41, 5.74) is 7.47. The van der Waals surface area contributed by atoms with E-state index in [1.165, 1.54) is 0 Å². The van der Waals surface area contributed by atoms with Gasteiger partial charge in [0.15, 0.2) is 0 Å². The summed E-state index contributed by atoms with van der Waals surface area (Å²) in [6.07, 6.45) is 2.61. The molecular weight excluding hydrogens is 270 g/mol. The zero-order chi connectivity index (χ0) is 12.1. The van der Waals surface area contributed by atoms with Crippen molar-refractivity contribution in [2.24, 2.45) is 0 Å². The van der Waals surface area contributed by atoms with Gasteiger partial charge in [0, 0.05) is 19.8 Å². The molecule has 0 aliphatic heterocycles. The van der Waals surface area contributed by atoms with Crippen LogP contribution in [0.1, 0.15) is 18.9 Å². The Morgan fingerprint density at radius 3 is 2.94 bits per heavy atom. The summed E-state index contributed by atoms with van der Waals surface area (Å²) in [7, 11) is 1.70. The van der Waals surface area contributed by atoms with Crippen LogP contribution < -0.4 is 11.1 Å². The number of nitrogens with zero attached hydrogens (tertiary/aromatic N) is 1. The zero-order valence-electron chi connectivity index (χ0n) is 9.88. The molecule has 0 aliphatic carbocycles. The van der Waals surface area contributed by atoms with Crippen LogP contribution in [0.25, 0.3) is 0 Å². The third kappa shape index (κ3) is 3.35. The minimum Gasteiger partial charge on any atom is -0.397 e. The first kappa shape index (κ1) is 13.3. The highest BCUT2D eigenvalue weighted by Gasteiger charge is 2.09. The fraction of sp³-hybridized carbons (Fsp3) is 0.545. The van der Waals surface area contributed by atoms with E-state index in [1.807, 2.05) is 6.92 Å². The van der Waals surface area contributed by atoms with Gasteiger partial charge in [-0.25, -0.2) is 4.98 Å². The zero-order valence-corrected chi connectivity index (χ0v) is 11.5. The van der Waals surface area contributed by atoms with Gasteiger partial charge in [-0.15, -0.1) is 0 Å². The molecule has 0 spiro atoms. The molecule has 0 bridgehead atoms. The number of anilines is 2. The summed E-state index contributed by atoms with van der Waals surface area (Å²) in [5.74, 6) is 0.829. The second-order valence-electron chi connectivity index (χ2n) is 3.83. The fourth-order valence-corrected chi connectivity index (χ4v) is 1.74. The number of pyridine rings is 1. The fourth-order valence-electron chi connectivity index (χ4n) is 1.29. The normalized spacial score (nSPS) is 12.5. The Labute approximate surface area is 105 Å². The summed E-state index contributed by atoms with van der Waals surface area (Å²) in [6.45, 7) is 4.80. The molecule has 5 heteroatoms. The molecule has 0 saturated carbocycles. The summed E-state index contributed by atoms with van der Waals surface area (Å²) in [5, 5.41) is 3.32. The van der Waals surface area contributed by atoms with Gasteiger partial charge in [0.1, 0.15) is 5.82 Å². The maximum Gasteiger partial charge on any atom is 0.140 e. The second kappa shape index (κ2) is 6.06. The minimum absolute atomic E-state index is 0.312. The maximum atomic E-state index is 5.76. The molecule has 4 nitrogen and oxygen atoms in total. The molecule has 0 radical (unpaired) electrons. The van der Waals surface area contributed by atoms with Crippen LogP contribution in [0.2, 0.25) is 0 Å². The van der Waals surface area contributed by atoms with E-state index >= 15 is 0 Å². The smallest absolute Gasteiger partial charge is 0.140 e. The molecule has 3 N–H and O–H groups in total. The van der Waals surface area contributed by atoms with Crippen molar-refractivity contribution >= 4 is 27.4 Å². The van der Waals surface area contributed by atoms with Crippen LogP contribution in [-0.2, 0) is 4.74 Å². The highest BCUT2D eigenvalue weighted by Crippen LogP contribution is 2.28. The molecule has 90 valence electrons. The van der Waals surface area contributed by atoms with E-state index in [1.54, 1.807) is 13.3 Å². The van der Waals surface area contributed by atoms with Gasteiger partial charge in [-0.2, -0.15) is 0 Å². The van der Waals surface area contributed by atoms with E-state index in [4.69, 9.17) is 10.5 Å². The van der Waals surface area contributed by atoms with Crippen molar-refractivity contribution in [1.29, 1.82) is 0 Å². The van der Waals surface area contributed by atoms with Crippen molar-refractivity contribution < 1.29 is 4.74 Å². The highest BCUT2D eigenvalue weighted by molar-refractivity contribution is 9.10. The Balaban J connectivity index is 2.70. The van der Waals surface area contributed by atoms with E-state index in [0.29, 0.717) is 11.7 Å². The Kier molecular flexibility index (Phi) is 5.02. The SMILES string of the molecule is COCCC(C)Nc1ncc(N)c(C)c1Br. The largest absolute Gasteiger partial charge is 0.397 e. The number of methoxy groups -OCH3 is 1. The van der Waals surface area contributed by atoms with Crippen molar-refractivity contribution in [2.45, 2.75) is 26.3 Å². The van der Waals surface area contributed by atoms with Crippen LogP contribution in [0.15, 0.2) is 10.7 Å². The van der Waals surface area contributed by atoms with Crippen LogP contribution in [0.4, 0.5) is 11.5 Å². The highest BCUT2D eigenvalue weighted by atomic mass is 79.9. The number of ether oxygens (including phenoxy) is 1. The Bertz CT molecular complexity index is 357. The molecule has 1 heterocycles. The van der Waals surface area contributed by atoms with Gasteiger partial charge in [0.25, 0.3) is 0 Å². The van der Waals surface area contributed by atoms with E-state index in [2.05, 4.69) is 33.2 Å². The monoisotopic (exact) mass is 287 g/mol. The molecule has 1 atom stereocenters. The number of hydrogen-bond donors (Lipinski definition) is 2. The van der Waals surface area contributed by atoms with Gasteiger partial charge < -0.3 is 15.8 Å². The van der Waals surface area contributed by atoms with E-state index < -0.39 is 0 Å². The van der Waals surface area contributed by atoms with Gasteiger partial charge in [-0.1, -0.05) is 0 Å². The van der Waals surface area contributed by atoms with Gasteiger partial charge in [-0.05, 0) is 41.8 Å². The van der Waals surface area contributed by atoms with E-state index in [9.17, 15) is 0 Å². The Morgan fingerprint density at radius 1 is 1.62 bits per heavy atom.